The molecule has 2 aliphatic heterocycles. The number of hydrogen-bond donors (Lipinski definition) is 0. The zero-order chi connectivity index (χ0) is 20.2. The molecule has 2 aromatic heterocycles. The molecule has 0 spiro atoms. The first-order valence-corrected chi connectivity index (χ1v) is 9.65. The monoisotopic (exact) mass is 408 g/mol. The molecule has 0 N–H and O–H groups in total. The number of hydrogen-bond acceptors (Lipinski definition) is 5. The molecule has 2 amide bonds. The van der Waals surface area contributed by atoms with E-state index in [9.17, 15) is 9.59 Å². The van der Waals surface area contributed by atoms with Gasteiger partial charge in [-0.15, -0.1) is 0 Å². The van der Waals surface area contributed by atoms with Gasteiger partial charge in [0.2, 0.25) is 0 Å². The minimum Gasteiger partial charge on any atom is -0.364 e. The highest BCUT2D eigenvalue weighted by Crippen LogP contribution is 2.45. The van der Waals surface area contributed by atoms with E-state index in [-0.39, 0.29) is 11.8 Å². The van der Waals surface area contributed by atoms with Crippen molar-refractivity contribution in [3.8, 4) is 0 Å². The number of rotatable bonds is 2. The van der Waals surface area contributed by atoms with Crippen LogP contribution >= 0.6 is 11.6 Å². The van der Waals surface area contributed by atoms with Crippen molar-refractivity contribution in [1.82, 2.24) is 19.9 Å². The topological polar surface area (TPSA) is 79.5 Å². The van der Waals surface area contributed by atoms with E-state index in [0.717, 1.165) is 11.1 Å². The van der Waals surface area contributed by atoms with Crippen LogP contribution in [-0.2, 0) is 12.1 Å². The molecule has 8 heteroatoms. The van der Waals surface area contributed by atoms with Gasteiger partial charge in [-0.3, -0.25) is 14.6 Å². The van der Waals surface area contributed by atoms with E-state index in [1.165, 1.54) is 6.26 Å². The molecule has 7 nitrogen and oxygen atoms in total. The van der Waals surface area contributed by atoms with Crippen LogP contribution in [0.4, 0.5) is 0 Å². The molecule has 1 atom stereocenters. The van der Waals surface area contributed by atoms with Gasteiger partial charge in [0.15, 0.2) is 0 Å². The van der Waals surface area contributed by atoms with Gasteiger partial charge in [-0.05, 0) is 36.2 Å². The fourth-order valence-corrected chi connectivity index (χ4v) is 4.51. The first kappa shape index (κ1) is 17.9. The van der Waals surface area contributed by atoms with Crippen molar-refractivity contribution in [1.29, 1.82) is 0 Å². The van der Waals surface area contributed by atoms with Crippen LogP contribution in [0.25, 0.3) is 0 Å². The second-order valence-corrected chi connectivity index (χ2v) is 7.68. The molecule has 1 aromatic carbocycles. The molecule has 0 bridgehead atoms. The number of amides is 2. The van der Waals surface area contributed by atoms with Gasteiger partial charge >= 0.3 is 0 Å². The quantitative estimate of drug-likeness (QED) is 0.651. The van der Waals surface area contributed by atoms with Crippen LogP contribution < -0.4 is 0 Å². The Balaban J connectivity index is 1.71. The molecular weight excluding hydrogens is 392 g/mol. The van der Waals surface area contributed by atoms with E-state index in [1.807, 2.05) is 24.3 Å². The number of aryl methyl sites for hydroxylation is 1. The Morgan fingerprint density at radius 2 is 2.00 bits per heavy atom. The van der Waals surface area contributed by atoms with Crippen molar-refractivity contribution in [2.45, 2.75) is 19.0 Å². The molecule has 2 aliphatic rings. The van der Waals surface area contributed by atoms with E-state index in [1.54, 1.807) is 35.1 Å². The predicted molar refractivity (Wildman–Crippen MR) is 104 cm³/mol. The minimum atomic E-state index is -0.960. The Morgan fingerprint density at radius 3 is 2.72 bits per heavy atom. The fraction of sp³-hybridized carbons (Fsp3) is 0.238. The summed E-state index contributed by atoms with van der Waals surface area (Å²) < 4.78 is 4.99. The van der Waals surface area contributed by atoms with Gasteiger partial charge in [0, 0.05) is 30.7 Å². The summed E-state index contributed by atoms with van der Waals surface area (Å²) in [5.41, 5.74) is 2.02. The van der Waals surface area contributed by atoms with Crippen molar-refractivity contribution in [3.05, 3.63) is 82.0 Å². The maximum atomic E-state index is 13.5. The summed E-state index contributed by atoms with van der Waals surface area (Å²) in [4.78, 5) is 34.6. The summed E-state index contributed by atoms with van der Waals surface area (Å²) >= 11 is 6.11. The predicted octanol–water partition coefficient (Wildman–Crippen LogP) is 3.04. The van der Waals surface area contributed by atoms with Crippen molar-refractivity contribution in [3.63, 3.8) is 0 Å². The third-order valence-corrected chi connectivity index (χ3v) is 6.00. The zero-order valence-corrected chi connectivity index (χ0v) is 16.4. The minimum absolute atomic E-state index is 0.181. The molecular formula is C21H17ClN4O3. The molecule has 1 fully saturated rings. The number of fused-ring (bicyclic) bond motifs is 2. The van der Waals surface area contributed by atoms with Crippen LogP contribution in [-0.4, -0.2) is 44.8 Å². The van der Waals surface area contributed by atoms with Crippen LogP contribution in [0.5, 0.6) is 0 Å². The Morgan fingerprint density at radius 1 is 1.21 bits per heavy atom. The van der Waals surface area contributed by atoms with Crippen molar-refractivity contribution in [2.24, 2.45) is 0 Å². The van der Waals surface area contributed by atoms with Crippen LogP contribution in [0.15, 0.2) is 53.4 Å². The highest BCUT2D eigenvalue weighted by molar-refractivity contribution is 6.30. The van der Waals surface area contributed by atoms with Crippen LogP contribution in [0, 0.1) is 6.92 Å². The Hall–Kier alpha value is -3.19. The maximum absolute atomic E-state index is 13.5. The zero-order valence-electron chi connectivity index (χ0n) is 15.6. The summed E-state index contributed by atoms with van der Waals surface area (Å²) in [6.45, 7) is 2.53. The number of carbonyl (C=O) groups excluding carboxylic acids is 2. The normalized spacial score (nSPS) is 20.6. The fourth-order valence-electron chi connectivity index (χ4n) is 4.39. The van der Waals surface area contributed by atoms with Gasteiger partial charge in [-0.2, -0.15) is 0 Å². The number of pyridine rings is 1. The third kappa shape index (κ3) is 2.50. The van der Waals surface area contributed by atoms with E-state index < -0.39 is 5.66 Å². The van der Waals surface area contributed by atoms with Gasteiger partial charge < -0.3 is 14.3 Å². The molecule has 5 rings (SSSR count). The molecule has 146 valence electrons. The first-order chi connectivity index (χ1) is 14.0. The number of aromatic nitrogens is 2. The number of halogens is 1. The molecule has 4 heterocycles. The van der Waals surface area contributed by atoms with Crippen molar-refractivity contribution in [2.75, 3.05) is 13.1 Å². The number of carbonyl (C=O) groups is 2. The Labute approximate surface area is 171 Å². The number of nitrogens with zero attached hydrogens (tertiary/aromatic N) is 4. The highest BCUT2D eigenvalue weighted by Gasteiger charge is 2.56. The van der Waals surface area contributed by atoms with Crippen LogP contribution in [0.3, 0.4) is 0 Å². The Bertz CT molecular complexity index is 1130. The summed E-state index contributed by atoms with van der Waals surface area (Å²) in [6, 6.07) is 11.0. The average Bonchev–Trinajstić information content (AvgIpc) is 3.33. The van der Waals surface area contributed by atoms with Gasteiger partial charge in [0.05, 0.1) is 5.69 Å². The molecule has 29 heavy (non-hydrogen) atoms. The lowest BCUT2D eigenvalue weighted by molar-refractivity contribution is 0.00710. The van der Waals surface area contributed by atoms with E-state index >= 15 is 0 Å². The van der Waals surface area contributed by atoms with E-state index in [2.05, 4.69) is 10.1 Å². The highest BCUT2D eigenvalue weighted by atomic mass is 35.5. The molecule has 0 saturated carbocycles. The van der Waals surface area contributed by atoms with Crippen LogP contribution in [0.1, 0.15) is 37.7 Å². The van der Waals surface area contributed by atoms with Gasteiger partial charge in [0.1, 0.15) is 23.2 Å². The summed E-state index contributed by atoms with van der Waals surface area (Å²) in [7, 11) is 0. The largest absolute Gasteiger partial charge is 0.364 e. The van der Waals surface area contributed by atoms with E-state index in [4.69, 9.17) is 16.1 Å². The van der Waals surface area contributed by atoms with Crippen LogP contribution in [0.2, 0.25) is 5.02 Å². The second kappa shape index (κ2) is 6.42. The summed E-state index contributed by atoms with van der Waals surface area (Å²) in [6.07, 6.45) is 3.42. The summed E-state index contributed by atoms with van der Waals surface area (Å²) in [5, 5.41) is 4.43. The lowest BCUT2D eigenvalue weighted by atomic mass is 9.85. The van der Waals surface area contributed by atoms with Gasteiger partial charge in [-0.1, -0.05) is 35.0 Å². The standard InChI is InChI=1S/C21H17ClN4O3/c1-13-17(12-29-24-13)19(27)25-9-10-26-20(28)18-14(3-2-8-23-18)11-21(25,26)15-4-6-16(22)7-5-15/h2-8,12H,9-11H2,1H3/t21-/m0/s1. The smallest absolute Gasteiger partial charge is 0.274 e. The molecule has 0 radical (unpaired) electrons. The molecule has 0 unspecified atom stereocenters. The van der Waals surface area contributed by atoms with E-state index in [0.29, 0.717) is 41.5 Å². The SMILES string of the molecule is Cc1nocc1C(=O)N1CCN2C(=O)c3ncccc3C[C@]12c1ccc(Cl)cc1. The van der Waals surface area contributed by atoms with Crippen molar-refractivity contribution >= 4 is 23.4 Å². The third-order valence-electron chi connectivity index (χ3n) is 5.75. The Kier molecular flexibility index (Phi) is 3.96. The maximum Gasteiger partial charge on any atom is 0.274 e. The average molecular weight is 409 g/mol. The van der Waals surface area contributed by atoms with Crippen molar-refractivity contribution < 1.29 is 14.1 Å². The lowest BCUT2D eigenvalue weighted by Gasteiger charge is -2.46. The number of benzene rings is 1. The summed E-state index contributed by atoms with van der Waals surface area (Å²) in [5.74, 6) is -0.402. The molecule has 0 aliphatic carbocycles. The van der Waals surface area contributed by atoms with Gasteiger partial charge in [-0.25, -0.2) is 0 Å². The molecule has 3 aromatic rings. The molecule has 1 saturated heterocycles. The second-order valence-electron chi connectivity index (χ2n) is 7.24. The lowest BCUT2D eigenvalue weighted by Crippen LogP contribution is -2.58. The first-order valence-electron chi connectivity index (χ1n) is 9.27. The van der Waals surface area contributed by atoms with Gasteiger partial charge in [0.25, 0.3) is 11.8 Å².